The number of carbonyl (C=O) groups is 1. The molecule has 0 aliphatic rings. The van der Waals surface area contributed by atoms with Crippen LogP contribution in [0.4, 0.5) is 5.69 Å². The number of halogens is 1. The maximum atomic E-state index is 12.1. The van der Waals surface area contributed by atoms with Gasteiger partial charge in [0.15, 0.2) is 6.61 Å². The summed E-state index contributed by atoms with van der Waals surface area (Å²) in [5.74, 6) is 0.924. The molecule has 3 nitrogen and oxygen atoms in total. The normalized spacial score (nSPS) is 10.7. The van der Waals surface area contributed by atoms with Gasteiger partial charge in [-0.1, -0.05) is 41.9 Å². The van der Waals surface area contributed by atoms with Gasteiger partial charge in [0.2, 0.25) is 0 Å². The molecule has 4 heteroatoms. The maximum absolute atomic E-state index is 12.1. The van der Waals surface area contributed by atoms with Crippen molar-refractivity contribution < 1.29 is 9.53 Å². The van der Waals surface area contributed by atoms with E-state index < -0.39 is 0 Å². The van der Waals surface area contributed by atoms with Crippen LogP contribution in [0.5, 0.6) is 5.75 Å². The monoisotopic (exact) mass is 375 g/mol. The number of nitrogens with one attached hydrogen (secondary N) is 1. The Balaban J connectivity index is 2.05. The molecule has 0 aromatic heterocycles. The number of amides is 1. The number of hydrogen-bond acceptors (Lipinski definition) is 2. The fourth-order valence-corrected chi connectivity index (χ4v) is 2.67. The number of benzene rings is 2. The summed E-state index contributed by atoms with van der Waals surface area (Å²) in [4.78, 5) is 12.1. The van der Waals surface area contributed by atoms with Crippen molar-refractivity contribution in [2.75, 3.05) is 11.9 Å². The van der Waals surface area contributed by atoms with Gasteiger partial charge in [-0.05, 0) is 60.7 Å². The van der Waals surface area contributed by atoms with Gasteiger partial charge < -0.3 is 10.1 Å². The largest absolute Gasteiger partial charge is 0.483 e. The summed E-state index contributed by atoms with van der Waals surface area (Å²) >= 11 is 3.54. The SMILES string of the molecule is Cc1cccc(NC(=O)COc2cc(C)c(Br)cc2C(C)C)c1. The van der Waals surface area contributed by atoms with E-state index in [0.29, 0.717) is 5.92 Å². The van der Waals surface area contributed by atoms with Crippen LogP contribution in [0.15, 0.2) is 40.9 Å². The lowest BCUT2D eigenvalue weighted by molar-refractivity contribution is -0.118. The Bertz CT molecular complexity index is 711. The van der Waals surface area contributed by atoms with Crippen LogP contribution in [0, 0.1) is 13.8 Å². The quantitative estimate of drug-likeness (QED) is 0.778. The molecule has 0 unspecified atom stereocenters. The van der Waals surface area contributed by atoms with Crippen LogP contribution in [0.3, 0.4) is 0 Å². The van der Waals surface area contributed by atoms with Crippen molar-refractivity contribution in [3.8, 4) is 5.75 Å². The summed E-state index contributed by atoms with van der Waals surface area (Å²) in [6.07, 6.45) is 0. The molecule has 0 aliphatic carbocycles. The van der Waals surface area contributed by atoms with Crippen molar-refractivity contribution in [2.24, 2.45) is 0 Å². The van der Waals surface area contributed by atoms with E-state index in [9.17, 15) is 4.79 Å². The predicted octanol–water partition coefficient (Wildman–Crippen LogP) is 5.21. The van der Waals surface area contributed by atoms with Crippen LogP contribution >= 0.6 is 15.9 Å². The van der Waals surface area contributed by atoms with E-state index in [1.165, 1.54) is 0 Å². The van der Waals surface area contributed by atoms with E-state index in [1.807, 2.05) is 44.2 Å². The maximum Gasteiger partial charge on any atom is 0.262 e. The molecule has 1 N–H and O–H groups in total. The van der Waals surface area contributed by atoms with Gasteiger partial charge in [-0.2, -0.15) is 0 Å². The highest BCUT2D eigenvalue weighted by atomic mass is 79.9. The van der Waals surface area contributed by atoms with Crippen molar-refractivity contribution in [3.05, 3.63) is 57.6 Å². The van der Waals surface area contributed by atoms with Crippen molar-refractivity contribution >= 4 is 27.5 Å². The van der Waals surface area contributed by atoms with E-state index in [0.717, 1.165) is 32.6 Å². The highest BCUT2D eigenvalue weighted by Crippen LogP contribution is 2.32. The molecule has 0 saturated heterocycles. The van der Waals surface area contributed by atoms with Gasteiger partial charge in [-0.25, -0.2) is 0 Å². The summed E-state index contributed by atoms with van der Waals surface area (Å²) in [5.41, 5.74) is 4.07. The topological polar surface area (TPSA) is 38.3 Å². The second-order valence-corrected chi connectivity index (χ2v) is 6.85. The standard InChI is InChI=1S/C19H22BrNO2/c1-12(2)16-10-17(20)14(4)9-18(16)23-11-19(22)21-15-7-5-6-13(3)8-15/h5-10,12H,11H2,1-4H3,(H,21,22). The number of hydrogen-bond donors (Lipinski definition) is 1. The summed E-state index contributed by atoms with van der Waals surface area (Å²) in [6.45, 7) is 8.21. The second-order valence-electron chi connectivity index (χ2n) is 6.00. The van der Waals surface area contributed by atoms with Gasteiger partial charge in [-0.15, -0.1) is 0 Å². The zero-order valence-electron chi connectivity index (χ0n) is 13.9. The van der Waals surface area contributed by atoms with Crippen molar-refractivity contribution in [1.29, 1.82) is 0 Å². The molecular weight excluding hydrogens is 354 g/mol. The van der Waals surface area contributed by atoms with Gasteiger partial charge in [0.1, 0.15) is 5.75 Å². The fourth-order valence-electron chi connectivity index (χ4n) is 2.31. The number of aryl methyl sites for hydroxylation is 2. The molecule has 0 heterocycles. The first kappa shape index (κ1) is 17.5. The fraction of sp³-hybridized carbons (Fsp3) is 0.316. The van der Waals surface area contributed by atoms with Gasteiger partial charge >= 0.3 is 0 Å². The van der Waals surface area contributed by atoms with Crippen LogP contribution < -0.4 is 10.1 Å². The predicted molar refractivity (Wildman–Crippen MR) is 98.3 cm³/mol. The average molecular weight is 376 g/mol. The van der Waals surface area contributed by atoms with Gasteiger partial charge in [-0.3, -0.25) is 4.79 Å². The molecule has 23 heavy (non-hydrogen) atoms. The third-order valence-corrected chi connectivity index (χ3v) is 4.43. The molecule has 122 valence electrons. The Morgan fingerprint density at radius 2 is 1.96 bits per heavy atom. The van der Waals surface area contributed by atoms with Gasteiger partial charge in [0.05, 0.1) is 0 Å². The zero-order chi connectivity index (χ0) is 17.0. The molecule has 0 aliphatic heterocycles. The highest BCUT2D eigenvalue weighted by molar-refractivity contribution is 9.10. The number of carbonyl (C=O) groups excluding carboxylic acids is 1. The first-order chi connectivity index (χ1) is 10.9. The number of anilines is 1. The Morgan fingerprint density at radius 1 is 1.22 bits per heavy atom. The molecule has 0 atom stereocenters. The summed E-state index contributed by atoms with van der Waals surface area (Å²) < 4.78 is 6.82. The van der Waals surface area contributed by atoms with Crippen LogP contribution in [-0.2, 0) is 4.79 Å². The van der Waals surface area contributed by atoms with E-state index in [1.54, 1.807) is 0 Å². The molecule has 1 amide bonds. The summed E-state index contributed by atoms with van der Waals surface area (Å²) in [5, 5.41) is 2.85. The summed E-state index contributed by atoms with van der Waals surface area (Å²) in [7, 11) is 0. The molecule has 2 aromatic rings. The molecule has 0 bridgehead atoms. The first-order valence-corrected chi connectivity index (χ1v) is 8.45. The number of rotatable bonds is 5. The van der Waals surface area contributed by atoms with Crippen LogP contribution in [0.1, 0.15) is 36.5 Å². The molecule has 0 saturated carbocycles. The highest BCUT2D eigenvalue weighted by Gasteiger charge is 2.12. The van der Waals surface area contributed by atoms with Gasteiger partial charge in [0, 0.05) is 10.2 Å². The van der Waals surface area contributed by atoms with Crippen LogP contribution in [0.2, 0.25) is 0 Å². The Kier molecular flexibility index (Phi) is 5.83. The molecule has 2 rings (SSSR count). The molecule has 2 aromatic carbocycles. The Hall–Kier alpha value is -1.81. The third kappa shape index (κ3) is 4.83. The van der Waals surface area contributed by atoms with E-state index >= 15 is 0 Å². The van der Waals surface area contributed by atoms with E-state index in [4.69, 9.17) is 4.74 Å². The lowest BCUT2D eigenvalue weighted by Gasteiger charge is -2.16. The molecule has 0 spiro atoms. The first-order valence-electron chi connectivity index (χ1n) is 7.66. The Morgan fingerprint density at radius 3 is 2.61 bits per heavy atom. The minimum Gasteiger partial charge on any atom is -0.483 e. The number of ether oxygens (including phenoxy) is 1. The van der Waals surface area contributed by atoms with E-state index in [2.05, 4.69) is 41.2 Å². The summed E-state index contributed by atoms with van der Waals surface area (Å²) in [6, 6.07) is 11.7. The third-order valence-electron chi connectivity index (χ3n) is 3.57. The lowest BCUT2D eigenvalue weighted by atomic mass is 10.0. The molecule has 0 radical (unpaired) electrons. The molecular formula is C19H22BrNO2. The second kappa shape index (κ2) is 7.64. The molecule has 0 fully saturated rings. The Labute approximate surface area is 146 Å². The van der Waals surface area contributed by atoms with Crippen molar-refractivity contribution in [1.82, 2.24) is 0 Å². The van der Waals surface area contributed by atoms with Gasteiger partial charge in [0.25, 0.3) is 5.91 Å². The minimum absolute atomic E-state index is 0.00522. The minimum atomic E-state index is -0.161. The van der Waals surface area contributed by atoms with Crippen LogP contribution in [-0.4, -0.2) is 12.5 Å². The zero-order valence-corrected chi connectivity index (χ0v) is 15.5. The van der Waals surface area contributed by atoms with Crippen molar-refractivity contribution in [2.45, 2.75) is 33.6 Å². The van der Waals surface area contributed by atoms with Crippen LogP contribution in [0.25, 0.3) is 0 Å². The smallest absolute Gasteiger partial charge is 0.262 e. The van der Waals surface area contributed by atoms with E-state index in [-0.39, 0.29) is 12.5 Å². The van der Waals surface area contributed by atoms with Crippen molar-refractivity contribution in [3.63, 3.8) is 0 Å². The lowest BCUT2D eigenvalue weighted by Crippen LogP contribution is -2.20. The average Bonchev–Trinajstić information content (AvgIpc) is 2.47.